The third-order valence-electron chi connectivity index (χ3n) is 2.45. The van der Waals surface area contributed by atoms with E-state index in [9.17, 15) is 13.2 Å². The predicted octanol–water partition coefficient (Wildman–Crippen LogP) is 2.42. The summed E-state index contributed by atoms with van der Waals surface area (Å²) < 4.78 is 35.3. The van der Waals surface area contributed by atoms with Crippen LogP contribution < -0.4 is 0 Å². The zero-order valence-electron chi connectivity index (χ0n) is 7.19. The first-order valence-corrected chi connectivity index (χ1v) is 4.26. The van der Waals surface area contributed by atoms with Crippen molar-refractivity contribution in [2.75, 3.05) is 13.6 Å². The number of rotatable bonds is 3. The molecule has 0 bridgehead atoms. The molecule has 0 aliphatic heterocycles. The van der Waals surface area contributed by atoms with E-state index in [1.165, 1.54) is 6.42 Å². The first-order valence-electron chi connectivity index (χ1n) is 4.26. The van der Waals surface area contributed by atoms with Gasteiger partial charge >= 0.3 is 6.18 Å². The lowest BCUT2D eigenvalue weighted by Crippen LogP contribution is -2.38. The summed E-state index contributed by atoms with van der Waals surface area (Å²) in [6.45, 7) is 0.147. The first-order chi connectivity index (χ1) is 5.49. The summed E-state index contributed by atoms with van der Waals surface area (Å²) in [5.74, 6) is 0. The van der Waals surface area contributed by atoms with Crippen molar-refractivity contribution in [3.05, 3.63) is 0 Å². The zero-order valence-corrected chi connectivity index (χ0v) is 7.19. The molecular weight excluding hydrogens is 167 g/mol. The lowest BCUT2D eigenvalue weighted by atomic mass is 9.92. The zero-order chi connectivity index (χ0) is 9.19. The molecule has 0 aromatic carbocycles. The lowest BCUT2D eigenvalue weighted by molar-refractivity contribution is -0.139. The van der Waals surface area contributed by atoms with Crippen molar-refractivity contribution >= 4 is 0 Å². The second kappa shape index (κ2) is 3.64. The van der Waals surface area contributed by atoms with Crippen LogP contribution in [0.4, 0.5) is 13.2 Å². The highest BCUT2D eigenvalue weighted by molar-refractivity contribution is 4.78. The summed E-state index contributed by atoms with van der Waals surface area (Å²) >= 11 is 0. The summed E-state index contributed by atoms with van der Waals surface area (Å²) in [4.78, 5) is 1.82. The Morgan fingerprint density at radius 1 is 1.33 bits per heavy atom. The Morgan fingerprint density at radius 2 is 1.92 bits per heavy atom. The van der Waals surface area contributed by atoms with Crippen molar-refractivity contribution in [3.63, 3.8) is 0 Å². The minimum absolute atomic E-state index is 0.147. The van der Waals surface area contributed by atoms with Crippen LogP contribution in [-0.4, -0.2) is 30.7 Å². The van der Waals surface area contributed by atoms with Crippen molar-refractivity contribution in [1.29, 1.82) is 0 Å². The summed E-state index contributed by atoms with van der Waals surface area (Å²) in [6, 6.07) is 0.410. The van der Waals surface area contributed by atoms with Crippen LogP contribution in [0.2, 0.25) is 0 Å². The Bertz CT molecular complexity index is 140. The van der Waals surface area contributed by atoms with Gasteiger partial charge in [0.15, 0.2) is 0 Å². The smallest absolute Gasteiger partial charge is 0.303 e. The fourth-order valence-electron chi connectivity index (χ4n) is 1.31. The van der Waals surface area contributed by atoms with Gasteiger partial charge in [0, 0.05) is 12.6 Å². The number of hydrogen-bond donors (Lipinski definition) is 0. The van der Waals surface area contributed by atoms with Gasteiger partial charge in [-0.2, -0.15) is 13.2 Å². The average molecular weight is 181 g/mol. The molecule has 1 saturated carbocycles. The number of alkyl halides is 3. The maximum Gasteiger partial charge on any atom is 0.390 e. The van der Waals surface area contributed by atoms with Gasteiger partial charge < -0.3 is 4.90 Å². The highest BCUT2D eigenvalue weighted by atomic mass is 19.4. The molecule has 0 saturated heterocycles. The van der Waals surface area contributed by atoms with E-state index in [2.05, 4.69) is 0 Å². The molecule has 0 aromatic heterocycles. The Balaban J connectivity index is 2.13. The summed E-state index contributed by atoms with van der Waals surface area (Å²) in [5, 5.41) is 0. The number of hydrogen-bond acceptors (Lipinski definition) is 1. The first kappa shape index (κ1) is 9.84. The molecule has 12 heavy (non-hydrogen) atoms. The minimum atomic E-state index is -4.00. The van der Waals surface area contributed by atoms with Crippen molar-refractivity contribution < 1.29 is 13.2 Å². The Hall–Kier alpha value is -0.250. The molecule has 1 rings (SSSR count). The van der Waals surface area contributed by atoms with Gasteiger partial charge in [-0.05, 0) is 19.9 Å². The van der Waals surface area contributed by atoms with Gasteiger partial charge in [-0.25, -0.2) is 0 Å². The van der Waals surface area contributed by atoms with Gasteiger partial charge in [0.1, 0.15) is 0 Å². The molecule has 72 valence electrons. The minimum Gasteiger partial charge on any atom is -0.303 e. The SMILES string of the molecule is CN(CCC(F)(F)F)C1CCC1. The van der Waals surface area contributed by atoms with Crippen LogP contribution in [0.1, 0.15) is 25.7 Å². The molecule has 0 unspecified atom stereocenters. The third kappa shape index (κ3) is 3.01. The highest BCUT2D eigenvalue weighted by Gasteiger charge is 2.29. The molecule has 0 N–H and O–H groups in total. The second-order valence-corrected chi connectivity index (χ2v) is 3.43. The van der Waals surface area contributed by atoms with Gasteiger partial charge in [0.2, 0.25) is 0 Å². The summed E-state index contributed by atoms with van der Waals surface area (Å²) in [7, 11) is 1.77. The van der Waals surface area contributed by atoms with Crippen LogP contribution in [0.25, 0.3) is 0 Å². The highest BCUT2D eigenvalue weighted by Crippen LogP contribution is 2.26. The molecule has 1 nitrogen and oxygen atoms in total. The third-order valence-corrected chi connectivity index (χ3v) is 2.45. The monoisotopic (exact) mass is 181 g/mol. The van der Waals surface area contributed by atoms with E-state index in [0.29, 0.717) is 6.04 Å². The van der Waals surface area contributed by atoms with E-state index in [0.717, 1.165) is 12.8 Å². The molecule has 0 atom stereocenters. The van der Waals surface area contributed by atoms with Gasteiger partial charge in [-0.1, -0.05) is 6.42 Å². The molecule has 1 fully saturated rings. The molecule has 1 aliphatic carbocycles. The van der Waals surface area contributed by atoms with E-state index >= 15 is 0 Å². The van der Waals surface area contributed by atoms with E-state index in [-0.39, 0.29) is 6.54 Å². The molecule has 0 spiro atoms. The topological polar surface area (TPSA) is 3.24 Å². The van der Waals surface area contributed by atoms with Crippen molar-refractivity contribution in [2.45, 2.75) is 37.9 Å². The standard InChI is InChI=1S/C8H14F3N/c1-12(7-3-2-4-7)6-5-8(9,10)11/h7H,2-6H2,1H3. The van der Waals surface area contributed by atoms with Gasteiger partial charge in [0.05, 0.1) is 6.42 Å². The molecular formula is C8H14F3N. The van der Waals surface area contributed by atoms with E-state index in [4.69, 9.17) is 0 Å². The van der Waals surface area contributed by atoms with Crippen LogP contribution in [0.3, 0.4) is 0 Å². The normalized spacial score (nSPS) is 19.8. The quantitative estimate of drug-likeness (QED) is 0.646. The summed E-state index contributed by atoms with van der Waals surface area (Å²) in [6.07, 6.45) is -1.39. The predicted molar refractivity (Wildman–Crippen MR) is 40.9 cm³/mol. The lowest BCUT2D eigenvalue weighted by Gasteiger charge is -2.34. The van der Waals surface area contributed by atoms with Gasteiger partial charge in [-0.3, -0.25) is 0 Å². The largest absolute Gasteiger partial charge is 0.390 e. The Labute approximate surface area is 70.5 Å². The van der Waals surface area contributed by atoms with Crippen molar-refractivity contribution in [3.8, 4) is 0 Å². The second-order valence-electron chi connectivity index (χ2n) is 3.43. The van der Waals surface area contributed by atoms with Crippen LogP contribution >= 0.6 is 0 Å². The fraction of sp³-hybridized carbons (Fsp3) is 1.00. The molecule has 0 aromatic rings. The van der Waals surface area contributed by atoms with Crippen LogP contribution in [0, 0.1) is 0 Å². The fourth-order valence-corrected chi connectivity index (χ4v) is 1.31. The Morgan fingerprint density at radius 3 is 2.25 bits per heavy atom. The maximum atomic E-state index is 11.8. The summed E-state index contributed by atoms with van der Waals surface area (Å²) in [5.41, 5.74) is 0. The van der Waals surface area contributed by atoms with E-state index in [1.807, 2.05) is 4.90 Å². The van der Waals surface area contributed by atoms with E-state index in [1.54, 1.807) is 7.05 Å². The van der Waals surface area contributed by atoms with Crippen molar-refractivity contribution in [1.82, 2.24) is 4.90 Å². The number of nitrogens with zero attached hydrogens (tertiary/aromatic N) is 1. The molecule has 4 heteroatoms. The maximum absolute atomic E-state index is 11.8. The molecule has 0 amide bonds. The van der Waals surface area contributed by atoms with Crippen LogP contribution in [-0.2, 0) is 0 Å². The average Bonchev–Trinajstić information content (AvgIpc) is 1.78. The van der Waals surface area contributed by atoms with Gasteiger partial charge in [0.25, 0.3) is 0 Å². The van der Waals surface area contributed by atoms with E-state index < -0.39 is 12.6 Å². The van der Waals surface area contributed by atoms with Crippen molar-refractivity contribution in [2.24, 2.45) is 0 Å². The molecule has 1 aliphatic rings. The van der Waals surface area contributed by atoms with Gasteiger partial charge in [-0.15, -0.1) is 0 Å². The molecule has 0 heterocycles. The number of halogens is 3. The van der Waals surface area contributed by atoms with Crippen LogP contribution in [0.5, 0.6) is 0 Å². The Kier molecular flexibility index (Phi) is 2.99. The molecule has 0 radical (unpaired) electrons. The van der Waals surface area contributed by atoms with Crippen LogP contribution in [0.15, 0.2) is 0 Å².